The normalized spacial score (nSPS) is 12.1. The van der Waals surface area contributed by atoms with Gasteiger partial charge in [0.05, 0.1) is 6.42 Å². The van der Waals surface area contributed by atoms with Crippen LogP contribution in [0.3, 0.4) is 0 Å². The molecule has 3 heteroatoms. The maximum absolute atomic E-state index is 11.5. The lowest BCUT2D eigenvalue weighted by Gasteiger charge is -2.21. The molecule has 96 valence electrons. The Balaban J connectivity index is 4.59. The Morgan fingerprint density at radius 3 is 2.00 bits per heavy atom. The van der Waals surface area contributed by atoms with E-state index in [9.17, 15) is 9.59 Å². The van der Waals surface area contributed by atoms with Gasteiger partial charge >= 0.3 is 11.9 Å². The Bertz CT molecular complexity index is 326. The van der Waals surface area contributed by atoms with E-state index in [1.54, 1.807) is 0 Å². The second-order valence-electron chi connectivity index (χ2n) is 4.76. The van der Waals surface area contributed by atoms with Gasteiger partial charge in [0.1, 0.15) is 0 Å². The summed E-state index contributed by atoms with van der Waals surface area (Å²) in [6, 6.07) is 0. The van der Waals surface area contributed by atoms with Crippen molar-refractivity contribution >= 4 is 11.9 Å². The molecule has 0 saturated heterocycles. The number of ether oxygens (including phenoxy) is 1. The van der Waals surface area contributed by atoms with Crippen LogP contribution in [0.25, 0.3) is 0 Å². The van der Waals surface area contributed by atoms with Crippen molar-refractivity contribution in [2.45, 2.75) is 40.5 Å². The van der Waals surface area contributed by atoms with E-state index in [1.807, 2.05) is 20.8 Å². The zero-order valence-corrected chi connectivity index (χ0v) is 11.2. The van der Waals surface area contributed by atoms with Gasteiger partial charge in [0.25, 0.3) is 0 Å². The maximum atomic E-state index is 11.5. The molecule has 0 fully saturated rings. The average molecular weight is 238 g/mol. The molecular formula is C14H22O3. The summed E-state index contributed by atoms with van der Waals surface area (Å²) in [7, 11) is 0. The van der Waals surface area contributed by atoms with E-state index in [2.05, 4.69) is 17.9 Å². The minimum absolute atomic E-state index is 0.000602. The van der Waals surface area contributed by atoms with Crippen LogP contribution >= 0.6 is 0 Å². The minimum atomic E-state index is -0.570. The molecule has 0 heterocycles. The molecular weight excluding hydrogens is 216 g/mol. The molecule has 0 rings (SSSR count). The molecule has 0 amide bonds. The summed E-state index contributed by atoms with van der Waals surface area (Å²) in [5, 5.41) is 0. The van der Waals surface area contributed by atoms with Gasteiger partial charge in [-0.05, 0) is 25.2 Å². The number of hydrogen-bond donors (Lipinski definition) is 0. The first-order valence-electron chi connectivity index (χ1n) is 5.78. The summed E-state index contributed by atoms with van der Waals surface area (Å²) in [6.45, 7) is 15.1. The summed E-state index contributed by atoms with van der Waals surface area (Å²) in [5.41, 5.74) is 1.99. The fourth-order valence-corrected chi connectivity index (χ4v) is 1.63. The van der Waals surface area contributed by atoms with E-state index in [0.717, 1.165) is 11.1 Å². The third-order valence-corrected chi connectivity index (χ3v) is 2.53. The zero-order chi connectivity index (χ0) is 13.6. The Morgan fingerprint density at radius 1 is 1.12 bits per heavy atom. The van der Waals surface area contributed by atoms with Gasteiger partial charge in [-0.2, -0.15) is 0 Å². The predicted molar refractivity (Wildman–Crippen MR) is 68.3 cm³/mol. The molecule has 0 aromatic rings. The Morgan fingerprint density at radius 2 is 1.65 bits per heavy atom. The highest BCUT2D eigenvalue weighted by atomic mass is 16.6. The Hall–Kier alpha value is -1.38. The number of hydrogen-bond acceptors (Lipinski definition) is 3. The summed E-state index contributed by atoms with van der Waals surface area (Å²) < 4.78 is 4.54. The van der Waals surface area contributed by atoms with Crippen LogP contribution in [0.4, 0.5) is 0 Å². The molecule has 3 nitrogen and oxygen atoms in total. The van der Waals surface area contributed by atoms with E-state index < -0.39 is 11.9 Å². The molecule has 1 atom stereocenters. The summed E-state index contributed by atoms with van der Waals surface area (Å²) >= 11 is 0. The first kappa shape index (κ1) is 15.6. The summed E-state index contributed by atoms with van der Waals surface area (Å²) in [4.78, 5) is 22.1. The zero-order valence-electron chi connectivity index (χ0n) is 11.2. The third kappa shape index (κ3) is 6.72. The maximum Gasteiger partial charge on any atom is 0.314 e. The molecule has 0 aromatic heterocycles. The van der Waals surface area contributed by atoms with Crippen molar-refractivity contribution in [3.8, 4) is 0 Å². The average Bonchev–Trinajstić information content (AvgIpc) is 2.13. The van der Waals surface area contributed by atoms with Gasteiger partial charge in [0.2, 0.25) is 0 Å². The monoisotopic (exact) mass is 238 g/mol. The molecule has 0 spiro atoms. The van der Waals surface area contributed by atoms with Crippen molar-refractivity contribution in [2.24, 2.45) is 11.8 Å². The second-order valence-corrected chi connectivity index (χ2v) is 4.76. The first-order valence-corrected chi connectivity index (χ1v) is 5.78. The topological polar surface area (TPSA) is 43.4 Å². The lowest BCUT2D eigenvalue weighted by molar-refractivity contribution is -0.158. The van der Waals surface area contributed by atoms with Crippen LogP contribution < -0.4 is 0 Å². The molecule has 0 aromatic carbocycles. The summed E-state index contributed by atoms with van der Waals surface area (Å²) in [6.07, 6.45) is 0.882. The van der Waals surface area contributed by atoms with E-state index in [0.29, 0.717) is 12.3 Å². The molecule has 17 heavy (non-hydrogen) atoms. The lowest BCUT2D eigenvalue weighted by atomic mass is 9.85. The van der Waals surface area contributed by atoms with E-state index in [-0.39, 0.29) is 12.3 Å². The molecule has 0 aliphatic carbocycles. The largest absolute Gasteiger partial charge is 0.393 e. The van der Waals surface area contributed by atoms with Gasteiger partial charge in [-0.25, -0.2) is 0 Å². The summed E-state index contributed by atoms with van der Waals surface area (Å²) in [5.74, 6) is -0.770. The van der Waals surface area contributed by atoms with Crippen molar-refractivity contribution in [3.05, 3.63) is 24.3 Å². The number of rotatable bonds is 6. The van der Waals surface area contributed by atoms with Gasteiger partial charge in [0.15, 0.2) is 0 Å². The molecule has 0 saturated carbocycles. The minimum Gasteiger partial charge on any atom is -0.393 e. The second kappa shape index (κ2) is 7.05. The lowest BCUT2D eigenvalue weighted by Crippen LogP contribution is -2.17. The highest BCUT2D eigenvalue weighted by Gasteiger charge is 2.20. The van der Waals surface area contributed by atoms with Crippen LogP contribution in [0, 0.1) is 11.8 Å². The first-order chi connectivity index (χ1) is 7.73. The van der Waals surface area contributed by atoms with Gasteiger partial charge in [0, 0.05) is 6.92 Å². The van der Waals surface area contributed by atoms with Crippen LogP contribution in [0.5, 0.6) is 0 Å². The molecule has 0 bridgehead atoms. The quantitative estimate of drug-likeness (QED) is 0.405. The molecule has 0 N–H and O–H groups in total. The molecule has 1 unspecified atom stereocenters. The van der Waals surface area contributed by atoms with Crippen molar-refractivity contribution in [3.63, 3.8) is 0 Å². The fraction of sp³-hybridized carbons (Fsp3) is 0.571. The molecule has 0 aliphatic rings. The van der Waals surface area contributed by atoms with E-state index in [1.165, 1.54) is 6.92 Å². The molecule has 0 radical (unpaired) electrons. The van der Waals surface area contributed by atoms with Gasteiger partial charge in [-0.15, -0.1) is 6.58 Å². The number of allylic oxidation sites excluding steroid dienone is 2. The highest BCUT2D eigenvalue weighted by molar-refractivity contribution is 5.84. The van der Waals surface area contributed by atoms with E-state index in [4.69, 9.17) is 0 Å². The van der Waals surface area contributed by atoms with Crippen molar-refractivity contribution in [1.29, 1.82) is 0 Å². The van der Waals surface area contributed by atoms with Gasteiger partial charge in [-0.3, -0.25) is 9.59 Å². The number of carbonyl (C=O) groups excluding carboxylic acids is 2. The molecule has 0 aliphatic heterocycles. The Kier molecular flexibility index (Phi) is 6.47. The number of carbonyl (C=O) groups is 2. The van der Waals surface area contributed by atoms with Gasteiger partial charge < -0.3 is 4.74 Å². The van der Waals surface area contributed by atoms with Crippen LogP contribution in [0.1, 0.15) is 40.5 Å². The smallest absolute Gasteiger partial charge is 0.314 e. The Labute approximate surface area is 104 Å². The SMILES string of the molecule is C=C(C)CC(CC(=O)OC(C)=O)C(=C)C(C)C. The van der Waals surface area contributed by atoms with Crippen molar-refractivity contribution in [2.75, 3.05) is 0 Å². The fourth-order valence-electron chi connectivity index (χ4n) is 1.63. The van der Waals surface area contributed by atoms with Gasteiger partial charge in [-0.1, -0.05) is 31.6 Å². The number of esters is 2. The van der Waals surface area contributed by atoms with E-state index >= 15 is 0 Å². The van der Waals surface area contributed by atoms with Crippen LogP contribution in [-0.2, 0) is 14.3 Å². The van der Waals surface area contributed by atoms with Crippen LogP contribution in [0.15, 0.2) is 24.3 Å². The highest BCUT2D eigenvalue weighted by Crippen LogP contribution is 2.27. The van der Waals surface area contributed by atoms with Crippen LogP contribution in [0.2, 0.25) is 0 Å². The third-order valence-electron chi connectivity index (χ3n) is 2.53. The van der Waals surface area contributed by atoms with Crippen molar-refractivity contribution in [1.82, 2.24) is 0 Å². The van der Waals surface area contributed by atoms with Crippen LogP contribution in [-0.4, -0.2) is 11.9 Å². The predicted octanol–water partition coefficient (Wildman–Crippen LogP) is 3.26. The standard InChI is InChI=1S/C14H22O3/c1-9(2)7-13(11(5)10(3)4)8-14(16)17-12(6)15/h10,13H,1,5,7-8H2,2-4,6H3. The van der Waals surface area contributed by atoms with Crippen molar-refractivity contribution < 1.29 is 14.3 Å².